The van der Waals surface area contributed by atoms with Gasteiger partial charge in [-0.25, -0.2) is 9.59 Å². The van der Waals surface area contributed by atoms with Crippen LogP contribution in [0.25, 0.3) is 0 Å². The molecule has 1 aromatic carbocycles. The predicted octanol–water partition coefficient (Wildman–Crippen LogP) is 3.19. The molecule has 1 saturated heterocycles. The number of carboxylic acid groups (broad SMARTS) is 1. The molecule has 0 bridgehead atoms. The molecule has 1 aliphatic rings. The number of carbonyl (C=O) groups excluding carboxylic acids is 1. The summed E-state index contributed by atoms with van der Waals surface area (Å²) in [5.74, 6) is -1.56. The Morgan fingerprint density at radius 2 is 1.83 bits per heavy atom. The molecule has 24 heavy (non-hydrogen) atoms. The lowest BCUT2D eigenvalue weighted by atomic mass is 10.1. The third kappa shape index (κ3) is 5.32. The van der Waals surface area contributed by atoms with Crippen molar-refractivity contribution in [1.29, 1.82) is 0 Å². The molecule has 1 N–H and O–H groups in total. The van der Waals surface area contributed by atoms with Crippen molar-refractivity contribution in [3.05, 3.63) is 35.4 Å². The van der Waals surface area contributed by atoms with Gasteiger partial charge in [0.25, 0.3) is 0 Å². The molecule has 1 aromatic rings. The number of hydroxylamine groups is 2. The Morgan fingerprint density at radius 1 is 1.17 bits per heavy atom. The number of rotatable bonds is 5. The number of hydrogen-bond donors (Lipinski definition) is 1. The first-order chi connectivity index (χ1) is 11.3. The Kier molecular flexibility index (Phi) is 5.96. The van der Waals surface area contributed by atoms with Crippen LogP contribution in [0.4, 0.5) is 0 Å². The van der Waals surface area contributed by atoms with Crippen molar-refractivity contribution < 1.29 is 24.3 Å². The summed E-state index contributed by atoms with van der Waals surface area (Å²) in [6.07, 6.45) is 2.19. The lowest BCUT2D eigenvalue weighted by Gasteiger charge is -2.31. The number of carbonyl (C=O) groups is 2. The highest BCUT2D eigenvalue weighted by molar-refractivity contribution is 5.88. The molecule has 6 nitrogen and oxygen atoms in total. The summed E-state index contributed by atoms with van der Waals surface area (Å²) in [4.78, 5) is 29.7. The summed E-state index contributed by atoms with van der Waals surface area (Å²) in [7, 11) is 0. The summed E-state index contributed by atoms with van der Waals surface area (Å²) >= 11 is 0. The van der Waals surface area contributed by atoms with E-state index in [-0.39, 0.29) is 5.56 Å². The van der Waals surface area contributed by atoms with Gasteiger partial charge >= 0.3 is 11.9 Å². The van der Waals surface area contributed by atoms with E-state index in [1.54, 1.807) is 38.0 Å². The highest BCUT2D eigenvalue weighted by Crippen LogP contribution is 2.25. The topological polar surface area (TPSA) is 76.1 Å². The molecule has 0 aliphatic carbocycles. The van der Waals surface area contributed by atoms with Crippen molar-refractivity contribution in [2.24, 2.45) is 0 Å². The molecule has 0 radical (unpaired) electrons. The number of benzene rings is 1. The van der Waals surface area contributed by atoms with E-state index in [0.29, 0.717) is 5.56 Å². The van der Waals surface area contributed by atoms with Crippen LogP contribution in [0.3, 0.4) is 0 Å². The first-order valence-electron chi connectivity index (χ1n) is 8.24. The average Bonchev–Trinajstić information content (AvgIpc) is 2.52. The number of aromatic carboxylic acids is 1. The Bertz CT molecular complexity index is 587. The summed E-state index contributed by atoms with van der Waals surface area (Å²) in [5.41, 5.74) is -0.0524. The van der Waals surface area contributed by atoms with Crippen molar-refractivity contribution in [1.82, 2.24) is 5.06 Å². The van der Waals surface area contributed by atoms with Crippen molar-refractivity contribution in [2.75, 3.05) is 13.1 Å². The minimum absolute atomic E-state index is 0.114. The van der Waals surface area contributed by atoms with Crippen molar-refractivity contribution in [2.45, 2.75) is 51.7 Å². The summed E-state index contributed by atoms with van der Waals surface area (Å²) in [6, 6.07) is 6.24. The Balaban J connectivity index is 2.25. The molecule has 1 fully saturated rings. The van der Waals surface area contributed by atoms with E-state index in [9.17, 15) is 14.7 Å². The first kappa shape index (κ1) is 18.4. The summed E-state index contributed by atoms with van der Waals surface area (Å²) < 4.78 is 5.46. The van der Waals surface area contributed by atoms with E-state index < -0.39 is 23.6 Å². The largest absolute Gasteiger partial charge is 0.478 e. The smallest absolute Gasteiger partial charge is 0.342 e. The molecule has 0 spiro atoms. The van der Waals surface area contributed by atoms with Gasteiger partial charge < -0.3 is 9.84 Å². The predicted molar refractivity (Wildman–Crippen MR) is 88.5 cm³/mol. The zero-order valence-corrected chi connectivity index (χ0v) is 14.4. The molecule has 0 aromatic heterocycles. The maximum atomic E-state index is 12.6. The highest BCUT2D eigenvalue weighted by Gasteiger charge is 2.30. The lowest BCUT2D eigenvalue weighted by Crippen LogP contribution is -2.36. The average molecular weight is 335 g/mol. The second-order valence-corrected chi connectivity index (χ2v) is 6.94. The summed E-state index contributed by atoms with van der Waals surface area (Å²) in [6.45, 7) is 6.86. The second kappa shape index (κ2) is 7.77. The maximum Gasteiger partial charge on any atom is 0.342 e. The van der Waals surface area contributed by atoms with Gasteiger partial charge in [-0.1, -0.05) is 18.6 Å². The number of hydrogen-bond acceptors (Lipinski definition) is 5. The van der Waals surface area contributed by atoms with Gasteiger partial charge in [-0.2, -0.15) is 5.06 Å². The highest BCUT2D eigenvalue weighted by atomic mass is 16.7. The van der Waals surface area contributed by atoms with Crippen LogP contribution in [-0.2, 0) is 14.4 Å². The number of esters is 1. The molecule has 0 saturated carbocycles. The fourth-order valence-electron chi connectivity index (χ4n) is 2.55. The van der Waals surface area contributed by atoms with Crippen molar-refractivity contribution in [3.63, 3.8) is 0 Å². The molecule has 2 rings (SSSR count). The third-order valence-corrected chi connectivity index (χ3v) is 3.63. The molecule has 1 atom stereocenters. The van der Waals surface area contributed by atoms with Gasteiger partial charge in [0.15, 0.2) is 0 Å². The van der Waals surface area contributed by atoms with E-state index in [0.717, 1.165) is 32.4 Å². The van der Waals surface area contributed by atoms with Crippen LogP contribution in [-0.4, -0.2) is 40.8 Å². The Morgan fingerprint density at radius 3 is 2.42 bits per heavy atom. The zero-order valence-electron chi connectivity index (χ0n) is 14.4. The van der Waals surface area contributed by atoms with Gasteiger partial charge in [0.05, 0.1) is 5.56 Å². The van der Waals surface area contributed by atoms with Crippen LogP contribution >= 0.6 is 0 Å². The van der Waals surface area contributed by atoms with E-state index >= 15 is 0 Å². The quantitative estimate of drug-likeness (QED) is 0.833. The zero-order chi connectivity index (χ0) is 17.7. The van der Waals surface area contributed by atoms with Crippen molar-refractivity contribution in [3.8, 4) is 0 Å². The van der Waals surface area contributed by atoms with Gasteiger partial charge in [-0.15, -0.1) is 0 Å². The fourth-order valence-corrected chi connectivity index (χ4v) is 2.55. The monoisotopic (exact) mass is 335 g/mol. The summed E-state index contributed by atoms with van der Waals surface area (Å²) in [5, 5.41) is 10.9. The lowest BCUT2D eigenvalue weighted by molar-refractivity contribution is -0.226. The van der Waals surface area contributed by atoms with E-state index in [1.807, 2.05) is 0 Å². The minimum Gasteiger partial charge on any atom is -0.478 e. The third-order valence-electron chi connectivity index (χ3n) is 3.63. The van der Waals surface area contributed by atoms with Crippen LogP contribution in [0, 0.1) is 0 Å². The van der Waals surface area contributed by atoms with E-state index in [4.69, 9.17) is 9.57 Å². The standard InChI is InChI=1S/C18H25NO5/c1-18(2,3)23-17(22)15(24-19-10-5-4-6-11-19)13-8-7-9-14(12-13)16(20)21/h7-9,12,15H,4-6,10-11H2,1-3H3,(H,20,21). The number of nitrogens with zero attached hydrogens (tertiary/aromatic N) is 1. The SMILES string of the molecule is CC(C)(C)OC(=O)C(ON1CCCCC1)c1cccc(C(=O)O)c1. The molecule has 132 valence electrons. The minimum atomic E-state index is -1.04. The second-order valence-electron chi connectivity index (χ2n) is 6.94. The molecule has 6 heteroatoms. The molecular formula is C18H25NO5. The number of piperidine rings is 1. The van der Waals surface area contributed by atoms with Gasteiger partial charge in [0.1, 0.15) is 5.60 Å². The molecule has 1 heterocycles. The van der Waals surface area contributed by atoms with Crippen molar-refractivity contribution >= 4 is 11.9 Å². The van der Waals surface area contributed by atoms with Crippen LogP contribution < -0.4 is 0 Å². The molecule has 1 aliphatic heterocycles. The fraction of sp³-hybridized carbons (Fsp3) is 0.556. The van der Waals surface area contributed by atoms with E-state index in [1.165, 1.54) is 12.1 Å². The Labute approximate surface area is 142 Å². The van der Waals surface area contributed by atoms with Crippen LogP contribution in [0.5, 0.6) is 0 Å². The van der Waals surface area contributed by atoms with Gasteiger partial charge in [-0.3, -0.25) is 4.84 Å². The number of ether oxygens (including phenoxy) is 1. The molecular weight excluding hydrogens is 310 g/mol. The van der Waals surface area contributed by atoms with Gasteiger partial charge in [-0.05, 0) is 51.3 Å². The van der Waals surface area contributed by atoms with Gasteiger partial charge in [0.2, 0.25) is 6.10 Å². The van der Waals surface area contributed by atoms with E-state index in [2.05, 4.69) is 0 Å². The first-order valence-corrected chi connectivity index (χ1v) is 8.24. The van der Waals surface area contributed by atoms with Gasteiger partial charge in [0, 0.05) is 13.1 Å². The van der Waals surface area contributed by atoms with Crippen LogP contribution in [0.1, 0.15) is 62.1 Å². The Hall–Kier alpha value is -1.92. The number of carboxylic acids is 1. The van der Waals surface area contributed by atoms with Crippen LogP contribution in [0.2, 0.25) is 0 Å². The molecule has 0 amide bonds. The normalized spacial score (nSPS) is 17.3. The van der Waals surface area contributed by atoms with Crippen LogP contribution in [0.15, 0.2) is 24.3 Å². The maximum absolute atomic E-state index is 12.6. The molecule has 1 unspecified atom stereocenters.